The summed E-state index contributed by atoms with van der Waals surface area (Å²) in [4.78, 5) is 43.4. The number of hydroxylamine groups is 2. The van der Waals surface area contributed by atoms with Crippen molar-refractivity contribution in [2.24, 2.45) is 0 Å². The van der Waals surface area contributed by atoms with Crippen LogP contribution in [-0.4, -0.2) is 77.7 Å². The summed E-state index contributed by atoms with van der Waals surface area (Å²) in [6.07, 6.45) is 5.81. The molecule has 2 N–H and O–H groups in total. The molecule has 0 aliphatic carbocycles. The number of carbonyl (C=O) groups excluding carboxylic acids is 3. The first-order valence-electron chi connectivity index (χ1n) is 9.86. The minimum atomic E-state index is -0.839. The molecule has 1 aliphatic rings. The molecule has 3 amide bonds. The lowest BCUT2D eigenvalue weighted by Crippen LogP contribution is -2.40. The Morgan fingerprint density at radius 1 is 1.23 bits per heavy atom. The highest BCUT2D eigenvalue weighted by molar-refractivity contribution is 7.80. The number of amides is 3. The predicted octanol–water partition coefficient (Wildman–Crippen LogP) is 1.55. The Bertz CT molecular complexity index is 687. The third-order valence-corrected chi connectivity index (χ3v) is 4.66. The fraction of sp³-hybridized carbons (Fsp3) is 0.500. The number of thiocarbonyl (C=S) groups is 1. The third kappa shape index (κ3) is 8.75. The average molecular weight is 438 g/mol. The molecule has 30 heavy (non-hydrogen) atoms. The lowest BCUT2D eigenvalue weighted by atomic mass is 10.2. The van der Waals surface area contributed by atoms with Crippen molar-refractivity contribution in [3.05, 3.63) is 36.6 Å². The van der Waals surface area contributed by atoms with E-state index < -0.39 is 17.9 Å². The smallest absolute Gasteiger partial charge is 0.361 e. The largest absolute Gasteiger partial charge is 0.438 e. The number of nitrogens with one attached hydrogen (secondary N) is 2. The molecule has 0 aromatic heterocycles. The van der Waals surface area contributed by atoms with Crippen LogP contribution in [0.1, 0.15) is 26.7 Å². The zero-order valence-electron chi connectivity index (χ0n) is 17.8. The number of nitrogens with zero attached hydrogens (tertiary/aromatic N) is 3. The molecule has 0 aromatic rings. The van der Waals surface area contributed by atoms with Crippen LogP contribution in [0.2, 0.25) is 0 Å². The minimum Gasteiger partial charge on any atom is -0.361 e. The first-order chi connectivity index (χ1) is 14.3. The Morgan fingerprint density at radius 3 is 2.43 bits per heavy atom. The molecule has 1 aliphatic heterocycles. The molecule has 0 bridgehead atoms. The Labute approximate surface area is 183 Å². The van der Waals surface area contributed by atoms with Crippen molar-refractivity contribution in [3.8, 4) is 0 Å². The van der Waals surface area contributed by atoms with E-state index in [2.05, 4.69) is 36.0 Å². The normalized spacial score (nSPS) is 14.4. The lowest BCUT2D eigenvalue weighted by Gasteiger charge is -2.19. The Morgan fingerprint density at radius 2 is 1.87 bits per heavy atom. The molecule has 0 radical (unpaired) electrons. The number of rotatable bonds is 11. The van der Waals surface area contributed by atoms with Crippen molar-refractivity contribution in [3.63, 3.8) is 0 Å². The molecule has 0 spiro atoms. The van der Waals surface area contributed by atoms with Gasteiger partial charge in [-0.2, -0.15) is 0 Å². The van der Waals surface area contributed by atoms with E-state index in [-0.39, 0.29) is 12.8 Å². The Kier molecular flexibility index (Phi) is 11.4. The molecule has 1 heterocycles. The highest BCUT2D eigenvalue weighted by atomic mass is 32.1. The summed E-state index contributed by atoms with van der Waals surface area (Å²) < 4.78 is 0. The van der Waals surface area contributed by atoms with E-state index in [1.165, 1.54) is 13.2 Å². The number of allylic oxidation sites excluding steroid dienone is 2. The van der Waals surface area contributed by atoms with E-state index in [1.54, 1.807) is 18.2 Å². The molecule has 1 rings (SSSR count). The van der Waals surface area contributed by atoms with Crippen molar-refractivity contribution in [1.29, 1.82) is 0 Å². The Hall–Kier alpha value is -2.72. The van der Waals surface area contributed by atoms with Gasteiger partial charge in [0.05, 0.1) is 0 Å². The molecular formula is C20H31N5O4S. The molecule has 1 fully saturated rings. The second kappa shape index (κ2) is 13.5. The van der Waals surface area contributed by atoms with Gasteiger partial charge in [-0.15, -0.1) is 5.06 Å². The first kappa shape index (κ1) is 25.3. The molecule has 0 aromatic carbocycles. The van der Waals surface area contributed by atoms with Gasteiger partial charge in [0, 0.05) is 45.7 Å². The maximum Gasteiger partial charge on any atom is 0.438 e. The van der Waals surface area contributed by atoms with Crippen LogP contribution >= 0.6 is 12.2 Å². The van der Waals surface area contributed by atoms with Crippen molar-refractivity contribution in [1.82, 2.24) is 25.5 Å². The maximum atomic E-state index is 12.1. The molecule has 166 valence electrons. The molecular weight excluding hydrogens is 406 g/mol. The standard InChI is InChI=1S/C20H31N5O4S/c1-5-8-16(15-22-19(30)21-12-14-24(6-2)7-3)11-13-23(4)20(28)29-25-17(26)9-10-18(25)27/h5,8,11,13H,1,6-7,9-10,12,14-15H2,2-4H3,(H2,21,22,30)/b13-11-,16-8+. The maximum absolute atomic E-state index is 12.1. The number of carbonyl (C=O) groups is 3. The fourth-order valence-corrected chi connectivity index (χ4v) is 2.68. The summed E-state index contributed by atoms with van der Waals surface area (Å²) in [7, 11) is 1.46. The van der Waals surface area contributed by atoms with Crippen LogP contribution in [0.15, 0.2) is 36.6 Å². The van der Waals surface area contributed by atoms with Gasteiger partial charge in [0.25, 0.3) is 11.8 Å². The highest BCUT2D eigenvalue weighted by Gasteiger charge is 2.33. The van der Waals surface area contributed by atoms with E-state index in [0.29, 0.717) is 16.7 Å². The van der Waals surface area contributed by atoms with Gasteiger partial charge >= 0.3 is 6.09 Å². The summed E-state index contributed by atoms with van der Waals surface area (Å²) >= 11 is 5.29. The van der Waals surface area contributed by atoms with Gasteiger partial charge < -0.3 is 20.4 Å². The van der Waals surface area contributed by atoms with Crippen LogP contribution in [0.3, 0.4) is 0 Å². The van der Waals surface area contributed by atoms with Gasteiger partial charge in [-0.05, 0) is 37.0 Å². The number of imide groups is 1. The van der Waals surface area contributed by atoms with Crippen LogP contribution in [-0.2, 0) is 14.4 Å². The van der Waals surface area contributed by atoms with E-state index in [9.17, 15) is 14.4 Å². The van der Waals surface area contributed by atoms with Crippen LogP contribution < -0.4 is 10.6 Å². The highest BCUT2D eigenvalue weighted by Crippen LogP contribution is 2.13. The quantitative estimate of drug-likeness (QED) is 0.286. The zero-order chi connectivity index (χ0) is 22.5. The summed E-state index contributed by atoms with van der Waals surface area (Å²) in [5, 5.41) is 7.30. The number of likely N-dealkylation sites (N-methyl/N-ethyl adjacent to an activating group) is 1. The van der Waals surface area contributed by atoms with E-state index in [4.69, 9.17) is 17.1 Å². The van der Waals surface area contributed by atoms with E-state index in [0.717, 1.165) is 36.7 Å². The van der Waals surface area contributed by atoms with Crippen LogP contribution in [0.5, 0.6) is 0 Å². The molecule has 0 saturated carbocycles. The van der Waals surface area contributed by atoms with E-state index in [1.807, 2.05) is 0 Å². The van der Waals surface area contributed by atoms with Crippen LogP contribution in [0.25, 0.3) is 0 Å². The average Bonchev–Trinajstić information content (AvgIpc) is 3.04. The van der Waals surface area contributed by atoms with Crippen LogP contribution in [0.4, 0.5) is 4.79 Å². The Balaban J connectivity index is 2.49. The number of hydrogen-bond acceptors (Lipinski definition) is 6. The second-order valence-corrected chi connectivity index (χ2v) is 6.89. The second-order valence-electron chi connectivity index (χ2n) is 6.48. The molecule has 0 atom stereocenters. The van der Waals surface area contributed by atoms with Gasteiger partial charge in [0.15, 0.2) is 5.11 Å². The van der Waals surface area contributed by atoms with Crippen molar-refractivity contribution >= 4 is 35.2 Å². The summed E-state index contributed by atoms with van der Waals surface area (Å²) in [5.74, 6) is -1.05. The summed E-state index contributed by atoms with van der Waals surface area (Å²) in [6, 6.07) is 0. The third-order valence-electron chi connectivity index (χ3n) is 4.37. The van der Waals surface area contributed by atoms with E-state index >= 15 is 0 Å². The minimum absolute atomic E-state index is 0.0480. The SMILES string of the molecule is C=C/C=C(\C=C/N(C)C(=O)ON1C(=O)CCC1=O)CNC(=S)NCCN(CC)CC. The van der Waals surface area contributed by atoms with Gasteiger partial charge in [-0.1, -0.05) is 32.6 Å². The monoisotopic (exact) mass is 437 g/mol. The summed E-state index contributed by atoms with van der Waals surface area (Å²) in [6.45, 7) is 12.0. The summed E-state index contributed by atoms with van der Waals surface area (Å²) in [5.41, 5.74) is 0.811. The van der Waals surface area contributed by atoms with Gasteiger partial charge in [0.1, 0.15) is 0 Å². The van der Waals surface area contributed by atoms with Crippen LogP contribution in [0, 0.1) is 0 Å². The lowest BCUT2D eigenvalue weighted by molar-refractivity contribution is -0.172. The zero-order valence-corrected chi connectivity index (χ0v) is 18.7. The predicted molar refractivity (Wildman–Crippen MR) is 119 cm³/mol. The number of hydrogen-bond donors (Lipinski definition) is 2. The van der Waals surface area contributed by atoms with Crippen molar-refractivity contribution in [2.75, 3.05) is 39.8 Å². The van der Waals surface area contributed by atoms with Gasteiger partial charge in [-0.3, -0.25) is 14.5 Å². The van der Waals surface area contributed by atoms with Crippen molar-refractivity contribution in [2.45, 2.75) is 26.7 Å². The van der Waals surface area contributed by atoms with Crippen molar-refractivity contribution < 1.29 is 19.2 Å². The fourth-order valence-electron chi connectivity index (χ4n) is 2.51. The molecule has 9 nitrogen and oxygen atoms in total. The first-order valence-corrected chi connectivity index (χ1v) is 10.3. The molecule has 10 heteroatoms. The molecule has 1 saturated heterocycles. The van der Waals surface area contributed by atoms with Gasteiger partial charge in [0.2, 0.25) is 0 Å². The topological polar surface area (TPSA) is 94.2 Å². The molecule has 0 unspecified atom stereocenters. The van der Waals surface area contributed by atoms with Gasteiger partial charge in [-0.25, -0.2) is 4.79 Å².